The number of aromatic nitrogens is 1. The number of hydrogen-bond donors (Lipinski definition) is 2. The number of anilines is 1. The minimum Gasteiger partial charge on any atom is -0.489 e. The van der Waals surface area contributed by atoms with Crippen LogP contribution in [0.5, 0.6) is 5.75 Å². The molecule has 2 saturated heterocycles. The molecule has 0 spiro atoms. The first kappa shape index (κ1) is 28.8. The van der Waals surface area contributed by atoms with Crippen LogP contribution in [0.15, 0.2) is 42.5 Å². The third-order valence-electron chi connectivity index (χ3n) is 8.31. The molecule has 2 atom stereocenters. The number of carbonyl (C=O) groups is 3. The fraction of sp³-hybridized carbons (Fsp3) is 0.419. The molecule has 3 aromatic rings. The molecule has 6 rings (SSSR count). The maximum atomic E-state index is 15.1. The Labute approximate surface area is 248 Å². The van der Waals surface area contributed by atoms with Crippen molar-refractivity contribution in [2.75, 3.05) is 44.3 Å². The first-order valence-electron chi connectivity index (χ1n) is 14.5. The van der Waals surface area contributed by atoms with Crippen molar-refractivity contribution in [3.63, 3.8) is 0 Å². The van der Waals surface area contributed by atoms with Crippen LogP contribution in [-0.2, 0) is 27.4 Å². The number of carbonyl (C=O) groups excluding carboxylic acids is 2. The summed E-state index contributed by atoms with van der Waals surface area (Å²) in [6.45, 7) is 4.95. The Morgan fingerprint density at radius 2 is 1.95 bits per heavy atom. The maximum Gasteiger partial charge on any atom is 0.303 e. The highest BCUT2D eigenvalue weighted by Crippen LogP contribution is 2.31. The number of pyridine rings is 1. The number of carboxylic acids is 1. The van der Waals surface area contributed by atoms with Gasteiger partial charge >= 0.3 is 5.97 Å². The second-order valence-corrected chi connectivity index (χ2v) is 11.3. The van der Waals surface area contributed by atoms with Crippen LogP contribution >= 0.6 is 0 Å². The lowest BCUT2D eigenvalue weighted by molar-refractivity contribution is -0.137. The quantitative estimate of drug-likeness (QED) is 0.364. The van der Waals surface area contributed by atoms with Gasteiger partial charge in [-0.05, 0) is 66.4 Å². The van der Waals surface area contributed by atoms with Gasteiger partial charge in [0, 0.05) is 56.6 Å². The van der Waals surface area contributed by atoms with E-state index in [1.165, 1.54) is 4.90 Å². The van der Waals surface area contributed by atoms with E-state index in [-0.39, 0.29) is 37.2 Å². The number of morpholine rings is 1. The van der Waals surface area contributed by atoms with E-state index < -0.39 is 17.9 Å². The molecule has 0 aliphatic carbocycles. The molecule has 3 aliphatic rings. The van der Waals surface area contributed by atoms with Crippen LogP contribution in [0.4, 0.5) is 10.2 Å². The molecule has 1 unspecified atom stereocenters. The van der Waals surface area contributed by atoms with E-state index >= 15 is 4.39 Å². The number of aliphatic carboxylic acids is 1. The topological polar surface area (TPSA) is 139 Å². The van der Waals surface area contributed by atoms with Crippen molar-refractivity contribution in [2.24, 2.45) is 5.73 Å². The monoisotopic (exact) mass is 591 g/mol. The Bertz CT molecular complexity index is 1560. The van der Waals surface area contributed by atoms with Crippen molar-refractivity contribution < 1.29 is 33.4 Å². The van der Waals surface area contributed by atoms with Gasteiger partial charge in [-0.15, -0.1) is 0 Å². The normalized spacial score (nSPS) is 19.6. The van der Waals surface area contributed by atoms with Gasteiger partial charge in [0.05, 0.1) is 13.2 Å². The second-order valence-electron chi connectivity index (χ2n) is 11.3. The van der Waals surface area contributed by atoms with Crippen molar-refractivity contribution in [2.45, 2.75) is 44.5 Å². The molecule has 43 heavy (non-hydrogen) atoms. The van der Waals surface area contributed by atoms with Crippen LogP contribution in [-0.4, -0.2) is 89.2 Å². The summed E-state index contributed by atoms with van der Waals surface area (Å²) >= 11 is 0. The summed E-state index contributed by atoms with van der Waals surface area (Å²) in [5.74, 6) is -1.10. The molecule has 0 saturated carbocycles. The van der Waals surface area contributed by atoms with Crippen molar-refractivity contribution in [3.8, 4) is 5.75 Å². The number of likely N-dealkylation sites (tertiary alicyclic amines) is 1. The van der Waals surface area contributed by atoms with Crippen LogP contribution in [0.2, 0.25) is 0 Å². The number of fused-ring (bicyclic) bond motifs is 2. The molecular weight excluding hydrogens is 557 g/mol. The fourth-order valence-corrected chi connectivity index (χ4v) is 6.14. The highest BCUT2D eigenvalue weighted by molar-refractivity contribution is 6.01. The first-order chi connectivity index (χ1) is 20.7. The lowest BCUT2D eigenvalue weighted by Crippen LogP contribution is -2.45. The Morgan fingerprint density at radius 1 is 1.14 bits per heavy atom. The molecule has 2 amide bonds. The fourth-order valence-electron chi connectivity index (χ4n) is 6.14. The molecular formula is C31H34FN5O6. The largest absolute Gasteiger partial charge is 0.489 e. The van der Waals surface area contributed by atoms with Gasteiger partial charge in [0.1, 0.15) is 35.0 Å². The van der Waals surface area contributed by atoms with Crippen molar-refractivity contribution in [1.82, 2.24) is 14.8 Å². The van der Waals surface area contributed by atoms with Crippen LogP contribution < -0.4 is 15.4 Å². The summed E-state index contributed by atoms with van der Waals surface area (Å²) in [7, 11) is 0. The van der Waals surface area contributed by atoms with Crippen LogP contribution in [0, 0.1) is 5.82 Å². The van der Waals surface area contributed by atoms with Gasteiger partial charge < -0.3 is 30.1 Å². The van der Waals surface area contributed by atoms with Gasteiger partial charge in [-0.2, -0.15) is 0 Å². The summed E-state index contributed by atoms with van der Waals surface area (Å²) in [6.07, 6.45) is 0.405. The number of ether oxygens (including phenoxy) is 2. The van der Waals surface area contributed by atoms with Gasteiger partial charge in [0.15, 0.2) is 0 Å². The third-order valence-corrected chi connectivity index (χ3v) is 8.31. The predicted molar refractivity (Wildman–Crippen MR) is 155 cm³/mol. The minimum atomic E-state index is -1.06. The number of rotatable bonds is 10. The van der Waals surface area contributed by atoms with E-state index in [1.807, 2.05) is 18.2 Å². The highest BCUT2D eigenvalue weighted by Gasteiger charge is 2.36. The predicted octanol–water partition coefficient (Wildman–Crippen LogP) is 2.54. The number of hydrogen-bond acceptors (Lipinski definition) is 8. The number of nitrogens with zero attached hydrogens (tertiary/aromatic N) is 4. The zero-order chi connectivity index (χ0) is 30.1. The molecule has 1 aromatic heterocycles. The van der Waals surface area contributed by atoms with E-state index in [1.54, 1.807) is 24.3 Å². The van der Waals surface area contributed by atoms with Crippen LogP contribution in [0.1, 0.15) is 40.7 Å². The Morgan fingerprint density at radius 3 is 2.72 bits per heavy atom. The highest BCUT2D eigenvalue weighted by atomic mass is 19.1. The molecule has 12 heteroatoms. The molecule has 0 bridgehead atoms. The molecule has 3 N–H and O–H groups in total. The third kappa shape index (κ3) is 6.25. The summed E-state index contributed by atoms with van der Waals surface area (Å²) in [5, 5.41) is 9.77. The van der Waals surface area contributed by atoms with Gasteiger partial charge in [-0.25, -0.2) is 9.37 Å². The number of halogens is 1. The second kappa shape index (κ2) is 12.1. The Hall–Kier alpha value is -4.29. The number of benzene rings is 2. The summed E-state index contributed by atoms with van der Waals surface area (Å²) in [5.41, 5.74) is 7.89. The van der Waals surface area contributed by atoms with Gasteiger partial charge in [-0.3, -0.25) is 19.3 Å². The van der Waals surface area contributed by atoms with E-state index in [9.17, 15) is 14.4 Å². The number of amides is 2. The number of carboxylic acid groups (broad SMARTS) is 1. The van der Waals surface area contributed by atoms with Gasteiger partial charge in [0.2, 0.25) is 5.91 Å². The van der Waals surface area contributed by atoms with Crippen LogP contribution in [0.25, 0.3) is 10.9 Å². The maximum absolute atomic E-state index is 15.1. The lowest BCUT2D eigenvalue weighted by Gasteiger charge is -2.28. The van der Waals surface area contributed by atoms with E-state index in [0.29, 0.717) is 48.7 Å². The smallest absolute Gasteiger partial charge is 0.303 e. The molecule has 2 aromatic carbocycles. The molecule has 4 heterocycles. The van der Waals surface area contributed by atoms with E-state index in [0.717, 1.165) is 42.8 Å². The molecule has 2 fully saturated rings. The van der Waals surface area contributed by atoms with E-state index in [2.05, 4.69) is 14.8 Å². The number of primary amides is 1. The van der Waals surface area contributed by atoms with E-state index in [4.69, 9.17) is 20.3 Å². The SMILES string of the molecule is NC(=O)C(CCC(=O)O)N1Cc2cc(O[C@H]3CCN(Cc4cc(F)c5nc(N6CCOCC6)ccc5c4)C3)ccc2C1=O. The van der Waals surface area contributed by atoms with Crippen LogP contribution in [0.3, 0.4) is 0 Å². The minimum absolute atomic E-state index is 0.0429. The lowest BCUT2D eigenvalue weighted by atomic mass is 10.1. The summed E-state index contributed by atoms with van der Waals surface area (Å²) in [6, 6.07) is 11.6. The summed E-state index contributed by atoms with van der Waals surface area (Å²) < 4.78 is 26.8. The Kier molecular flexibility index (Phi) is 8.13. The average molecular weight is 592 g/mol. The van der Waals surface area contributed by atoms with Crippen molar-refractivity contribution in [1.29, 1.82) is 0 Å². The number of nitrogens with two attached hydrogens (primary N) is 1. The zero-order valence-electron chi connectivity index (χ0n) is 23.7. The Balaban J connectivity index is 1.07. The van der Waals surface area contributed by atoms with Gasteiger partial charge in [0.25, 0.3) is 5.91 Å². The summed E-state index contributed by atoms with van der Waals surface area (Å²) in [4.78, 5) is 46.2. The van der Waals surface area contributed by atoms with Crippen molar-refractivity contribution in [3.05, 3.63) is 65.0 Å². The average Bonchev–Trinajstić information content (AvgIpc) is 3.56. The molecule has 11 nitrogen and oxygen atoms in total. The van der Waals surface area contributed by atoms with Gasteiger partial charge in [-0.1, -0.05) is 0 Å². The first-order valence-corrected chi connectivity index (χ1v) is 14.5. The van der Waals surface area contributed by atoms with Crippen molar-refractivity contribution >= 4 is 34.5 Å². The zero-order valence-corrected chi connectivity index (χ0v) is 23.7. The molecule has 3 aliphatic heterocycles. The standard InChI is InChI=1S/C31H34FN5O6/c32-25-14-19(13-20-1-5-27(34-29(20)25)36-9-11-42-12-10-36)16-35-8-7-23(18-35)43-22-2-3-24-21(15-22)17-37(31(24)41)26(30(33)40)4-6-28(38)39/h1-3,5,13-15,23,26H,4,6-12,16-18H2,(H2,33,40)(H,38,39)/t23-,26?/m0/s1. The molecule has 0 radical (unpaired) electrons. The molecule has 226 valence electrons.